The Hall–Kier alpha value is -0.580. The molecule has 0 aliphatic carbocycles. The van der Waals surface area contributed by atoms with Crippen LogP contribution in [-0.2, 0) is 0 Å². The second-order valence-electron chi connectivity index (χ2n) is 2.76. The number of hydrogen-bond donors (Lipinski definition) is 1. The third kappa shape index (κ3) is 3.34. The Labute approximate surface area is 91.1 Å². The summed E-state index contributed by atoms with van der Waals surface area (Å²) in [5, 5.41) is 9.00. The Morgan fingerprint density at radius 1 is 1.31 bits per heavy atom. The van der Waals surface area contributed by atoms with E-state index in [1.165, 1.54) is 12.1 Å². The van der Waals surface area contributed by atoms with Crippen LogP contribution >= 0.6 is 22.6 Å². The number of hydrogen-bond acceptors (Lipinski definition) is 2. The highest BCUT2D eigenvalue weighted by molar-refractivity contribution is 14.1. The number of aromatic hydroxyl groups is 1. The van der Waals surface area contributed by atoms with Crippen molar-refractivity contribution in [3.63, 3.8) is 0 Å². The van der Waals surface area contributed by atoms with Crippen molar-refractivity contribution < 1.29 is 9.90 Å². The minimum Gasteiger partial charge on any atom is -0.508 e. The fourth-order valence-corrected chi connectivity index (χ4v) is 1.40. The molecule has 0 radical (unpaired) electrons. The minimum atomic E-state index is 0.150. The number of phenols is 1. The molecule has 0 unspecified atom stereocenters. The van der Waals surface area contributed by atoms with Crippen LogP contribution in [0.3, 0.4) is 0 Å². The van der Waals surface area contributed by atoms with Gasteiger partial charge in [0.25, 0.3) is 0 Å². The molecule has 0 aromatic heterocycles. The van der Waals surface area contributed by atoms with Gasteiger partial charge >= 0.3 is 0 Å². The number of phenolic OH excluding ortho intramolecular Hbond substituents is 1. The minimum absolute atomic E-state index is 0.150. The first-order valence-corrected chi connectivity index (χ1v) is 5.65. The number of halogens is 1. The molecule has 0 saturated carbocycles. The van der Waals surface area contributed by atoms with Gasteiger partial charge in [-0.2, -0.15) is 0 Å². The van der Waals surface area contributed by atoms with Gasteiger partial charge < -0.3 is 5.11 Å². The fourth-order valence-electron chi connectivity index (χ4n) is 1.02. The molecule has 1 aromatic carbocycles. The van der Waals surface area contributed by atoms with E-state index in [0.29, 0.717) is 12.0 Å². The van der Waals surface area contributed by atoms with E-state index in [1.807, 2.05) is 0 Å². The molecule has 0 aliphatic rings. The Bertz CT molecular complexity index is 279. The summed E-state index contributed by atoms with van der Waals surface area (Å²) in [6, 6.07) is 6.39. The summed E-state index contributed by atoms with van der Waals surface area (Å²) >= 11 is 2.25. The molecule has 1 N–H and O–H groups in total. The quantitative estimate of drug-likeness (QED) is 0.526. The maximum atomic E-state index is 11.4. The van der Waals surface area contributed by atoms with Gasteiger partial charge in [0.15, 0.2) is 5.78 Å². The molecule has 70 valence electrons. The zero-order chi connectivity index (χ0) is 9.68. The topological polar surface area (TPSA) is 37.3 Å². The Balaban J connectivity index is 2.61. The van der Waals surface area contributed by atoms with Crippen LogP contribution in [0.2, 0.25) is 0 Å². The van der Waals surface area contributed by atoms with E-state index in [2.05, 4.69) is 22.6 Å². The first-order chi connectivity index (χ1) is 6.24. The van der Waals surface area contributed by atoms with Crippen LogP contribution in [0.4, 0.5) is 0 Å². The van der Waals surface area contributed by atoms with Crippen molar-refractivity contribution in [3.05, 3.63) is 29.8 Å². The summed E-state index contributed by atoms with van der Waals surface area (Å²) in [6.07, 6.45) is 1.51. The number of carbonyl (C=O) groups is 1. The lowest BCUT2D eigenvalue weighted by Gasteiger charge is -1.99. The molecule has 0 aliphatic heterocycles. The van der Waals surface area contributed by atoms with Gasteiger partial charge in [0.1, 0.15) is 5.75 Å². The zero-order valence-corrected chi connectivity index (χ0v) is 9.32. The number of Topliss-reactive ketones (excluding diaryl/α,β-unsaturated/α-hetero) is 1. The number of benzene rings is 1. The molecule has 0 spiro atoms. The highest BCUT2D eigenvalue weighted by atomic mass is 127. The van der Waals surface area contributed by atoms with Crippen LogP contribution in [0.15, 0.2) is 24.3 Å². The molecule has 0 fully saturated rings. The monoisotopic (exact) mass is 290 g/mol. The third-order valence-electron chi connectivity index (χ3n) is 1.73. The van der Waals surface area contributed by atoms with E-state index in [-0.39, 0.29) is 11.5 Å². The zero-order valence-electron chi connectivity index (χ0n) is 7.16. The average molecular weight is 290 g/mol. The molecule has 0 saturated heterocycles. The molecule has 1 aromatic rings. The Morgan fingerprint density at radius 3 is 2.46 bits per heavy atom. The maximum absolute atomic E-state index is 11.4. The van der Waals surface area contributed by atoms with E-state index in [1.54, 1.807) is 12.1 Å². The molecule has 3 heteroatoms. The highest BCUT2D eigenvalue weighted by Gasteiger charge is 2.04. The molecule has 0 bridgehead atoms. The lowest BCUT2D eigenvalue weighted by molar-refractivity contribution is 0.0982. The normalized spacial score (nSPS) is 9.92. The molecule has 2 nitrogen and oxygen atoms in total. The van der Waals surface area contributed by atoms with Crippen LogP contribution in [0.25, 0.3) is 0 Å². The van der Waals surface area contributed by atoms with Crippen molar-refractivity contribution in [1.82, 2.24) is 0 Å². The second kappa shape index (κ2) is 5.21. The lowest BCUT2D eigenvalue weighted by atomic mass is 10.1. The van der Waals surface area contributed by atoms with Gasteiger partial charge in [0.05, 0.1) is 0 Å². The van der Waals surface area contributed by atoms with E-state index in [0.717, 1.165) is 10.8 Å². The first kappa shape index (κ1) is 10.5. The molecule has 13 heavy (non-hydrogen) atoms. The predicted molar refractivity (Wildman–Crippen MR) is 60.6 cm³/mol. The molecule has 0 amide bonds. The van der Waals surface area contributed by atoms with Gasteiger partial charge in [0, 0.05) is 12.0 Å². The van der Waals surface area contributed by atoms with Crippen molar-refractivity contribution in [2.75, 3.05) is 4.43 Å². The van der Waals surface area contributed by atoms with Gasteiger partial charge in [-0.15, -0.1) is 0 Å². The summed E-state index contributed by atoms with van der Waals surface area (Å²) in [5.74, 6) is 0.349. The van der Waals surface area contributed by atoms with Crippen molar-refractivity contribution in [1.29, 1.82) is 0 Å². The van der Waals surface area contributed by atoms with E-state index in [4.69, 9.17) is 5.11 Å². The summed E-state index contributed by atoms with van der Waals surface area (Å²) in [5.41, 5.74) is 0.683. The SMILES string of the molecule is O=C(CCCI)c1ccc(O)cc1. The molecular weight excluding hydrogens is 279 g/mol. The van der Waals surface area contributed by atoms with Gasteiger partial charge in [-0.1, -0.05) is 22.6 Å². The van der Waals surface area contributed by atoms with Crippen LogP contribution in [0.5, 0.6) is 5.75 Å². The molecule has 1 rings (SSSR count). The summed E-state index contributed by atoms with van der Waals surface area (Å²) in [4.78, 5) is 11.4. The predicted octanol–water partition coefficient (Wildman–Crippen LogP) is 2.79. The first-order valence-electron chi connectivity index (χ1n) is 4.12. The van der Waals surface area contributed by atoms with E-state index >= 15 is 0 Å². The van der Waals surface area contributed by atoms with Crippen molar-refractivity contribution in [2.24, 2.45) is 0 Å². The average Bonchev–Trinajstić information content (AvgIpc) is 2.15. The smallest absolute Gasteiger partial charge is 0.162 e. The van der Waals surface area contributed by atoms with Gasteiger partial charge in [-0.05, 0) is 35.1 Å². The van der Waals surface area contributed by atoms with Crippen LogP contribution in [-0.4, -0.2) is 15.3 Å². The third-order valence-corrected chi connectivity index (χ3v) is 2.49. The largest absolute Gasteiger partial charge is 0.508 e. The summed E-state index contributed by atoms with van der Waals surface area (Å²) in [7, 11) is 0. The number of ketones is 1. The Kier molecular flexibility index (Phi) is 4.21. The molecule has 0 atom stereocenters. The highest BCUT2D eigenvalue weighted by Crippen LogP contribution is 2.12. The van der Waals surface area contributed by atoms with Crippen LogP contribution in [0, 0.1) is 0 Å². The molecular formula is C10H11IO2. The number of carbonyl (C=O) groups excluding carboxylic acids is 1. The molecule has 0 heterocycles. The van der Waals surface area contributed by atoms with Gasteiger partial charge in [0.2, 0.25) is 0 Å². The second-order valence-corrected chi connectivity index (χ2v) is 3.84. The number of rotatable bonds is 4. The van der Waals surface area contributed by atoms with E-state index < -0.39 is 0 Å². The summed E-state index contributed by atoms with van der Waals surface area (Å²) < 4.78 is 1.00. The van der Waals surface area contributed by atoms with Crippen molar-refractivity contribution in [2.45, 2.75) is 12.8 Å². The fraction of sp³-hybridized carbons (Fsp3) is 0.300. The van der Waals surface area contributed by atoms with Crippen LogP contribution in [0.1, 0.15) is 23.2 Å². The maximum Gasteiger partial charge on any atom is 0.162 e. The standard InChI is InChI=1S/C10H11IO2/c11-7-1-2-10(13)8-3-5-9(12)6-4-8/h3-6,12H,1-2,7H2. The van der Waals surface area contributed by atoms with Crippen LogP contribution < -0.4 is 0 Å². The summed E-state index contributed by atoms with van der Waals surface area (Å²) in [6.45, 7) is 0. The van der Waals surface area contributed by atoms with E-state index in [9.17, 15) is 4.79 Å². The Morgan fingerprint density at radius 2 is 1.92 bits per heavy atom. The van der Waals surface area contributed by atoms with Crippen molar-refractivity contribution >= 4 is 28.4 Å². The van der Waals surface area contributed by atoms with Gasteiger partial charge in [-0.3, -0.25) is 4.79 Å². The number of alkyl halides is 1. The van der Waals surface area contributed by atoms with Gasteiger partial charge in [-0.25, -0.2) is 0 Å². The lowest BCUT2D eigenvalue weighted by Crippen LogP contribution is -1.98. The van der Waals surface area contributed by atoms with Crippen molar-refractivity contribution in [3.8, 4) is 5.75 Å².